The fraction of sp³-hybridized carbons (Fsp3) is 0.746. The van der Waals surface area contributed by atoms with Crippen LogP contribution in [0.2, 0.25) is 5.02 Å². The maximum absolute atomic E-state index is 15.8. The second-order valence-corrected chi connectivity index (χ2v) is 29.8. The van der Waals surface area contributed by atoms with Crippen molar-refractivity contribution in [2.24, 2.45) is 23.7 Å². The van der Waals surface area contributed by atoms with Crippen LogP contribution in [0.3, 0.4) is 0 Å². The van der Waals surface area contributed by atoms with Gasteiger partial charge < -0.3 is 60.0 Å². The highest BCUT2D eigenvalue weighted by molar-refractivity contribution is 6.31. The Hall–Kier alpha value is -7.06. The van der Waals surface area contributed by atoms with Crippen molar-refractivity contribution < 1.29 is 70.7 Å². The van der Waals surface area contributed by atoms with Crippen molar-refractivity contribution in [2.45, 2.75) is 229 Å². The molecule has 3 saturated heterocycles. The summed E-state index contributed by atoms with van der Waals surface area (Å²) in [5.74, 6) is -9.04. The van der Waals surface area contributed by atoms with Crippen molar-refractivity contribution in [2.75, 3.05) is 88.6 Å². The van der Waals surface area contributed by atoms with Crippen molar-refractivity contribution in [3.05, 3.63) is 34.3 Å². The molecule has 3 aliphatic carbocycles. The van der Waals surface area contributed by atoms with Gasteiger partial charge in [-0.15, -0.1) is 0 Å². The molecule has 28 heteroatoms. The van der Waals surface area contributed by atoms with Crippen LogP contribution < -0.4 is 16.0 Å². The minimum Gasteiger partial charge on any atom is -0.343 e. The highest BCUT2D eigenvalue weighted by Crippen LogP contribution is 2.39. The maximum atomic E-state index is 15.8. The van der Waals surface area contributed by atoms with E-state index in [4.69, 9.17) is 11.6 Å². The van der Waals surface area contributed by atoms with Crippen LogP contribution in [0, 0.1) is 23.7 Å². The molecule has 6 fully saturated rings. The predicted octanol–water partition coefficient (Wildman–Crippen LogP) is 5.64. The Morgan fingerprint density at radius 2 is 1.18 bits per heavy atom. The van der Waals surface area contributed by atoms with Gasteiger partial charge in [-0.3, -0.25) is 57.5 Å². The number of nitrogens with zero attached hydrogens (tertiary/aromatic N) is 9. The van der Waals surface area contributed by atoms with Gasteiger partial charge in [0.1, 0.15) is 47.8 Å². The molecule has 6 aliphatic rings. The molecule has 3 saturated carbocycles. The topological polar surface area (TPSA) is 270 Å². The quantitative estimate of drug-likeness (QED) is 0.257. The maximum Gasteiger partial charge on any atom is 0.417 e. The van der Waals surface area contributed by atoms with Crippen molar-refractivity contribution in [1.82, 2.24) is 60.0 Å². The largest absolute Gasteiger partial charge is 0.417 e. The first kappa shape index (κ1) is 79.3. The predicted molar refractivity (Wildman–Crippen MR) is 364 cm³/mol. The molecule has 3 heterocycles. The number of halogens is 4. The van der Waals surface area contributed by atoms with Gasteiger partial charge in [-0.2, -0.15) is 13.2 Å². The highest BCUT2D eigenvalue weighted by Gasteiger charge is 2.52. The number of aryl methyl sites for hydroxylation is 1. The third kappa shape index (κ3) is 19.5. The number of fused-ring (bicyclic) bond motifs is 1. The van der Waals surface area contributed by atoms with E-state index >= 15 is 28.8 Å². The van der Waals surface area contributed by atoms with Crippen molar-refractivity contribution in [3.8, 4) is 0 Å². The van der Waals surface area contributed by atoms with E-state index in [2.05, 4.69) is 16.0 Å². The number of nitrogens with one attached hydrogen (secondary N) is 3. The standard InChI is InChI=1S/C71H108ClF3N12O12/c1-12-45(4)59-66(96)81(7)42-57(90)79(5)43-58(91)84(10)60(47-26-17-18-27-47)67(97)80(6)41-55(88)76-51(32-30-46-29-31-49(50(72)39-46)71(73,74)75)64(94)87-37-23-28-52(87)63(93)78-70(33-19-20-34-70)69(99)85(11)61(48-24-15-13-16-25-48)68(98)83(9)54(65(95)86-35-21-14-22-36-86)40-56(89)82(8)53(38-44(2)3)62(92)77-59/h29,31,39,44-45,47-48,51-54,59-61H,12-28,30,32-38,40-43H2,1-11H3,(H,76,88)(H,77,92)(H,78,93)/t45-,51-,52?,53-,54-,59-,60-,61-/m0/s1. The zero-order valence-corrected chi connectivity index (χ0v) is 60.8. The second kappa shape index (κ2) is 35.0. The van der Waals surface area contributed by atoms with Crippen LogP contribution in [-0.2, 0) is 70.1 Å². The van der Waals surface area contributed by atoms with E-state index in [1.807, 2.05) is 20.8 Å². The molecule has 24 nitrogen and oxygen atoms in total. The molecule has 1 aromatic rings. The normalized spacial score (nSPS) is 27.0. The van der Waals surface area contributed by atoms with Crippen LogP contribution in [0.5, 0.6) is 0 Å². The van der Waals surface area contributed by atoms with Gasteiger partial charge in [0.15, 0.2) is 0 Å². The first-order valence-corrected chi connectivity index (χ1v) is 36.2. The molecular formula is C71H108ClF3N12O12. The van der Waals surface area contributed by atoms with E-state index in [9.17, 15) is 41.9 Å². The molecule has 1 unspecified atom stereocenters. The number of likely N-dealkylation sites (tertiary alicyclic amines) is 1. The molecule has 0 bridgehead atoms. The van der Waals surface area contributed by atoms with Crippen LogP contribution in [0.4, 0.5) is 13.2 Å². The third-order valence-electron chi connectivity index (χ3n) is 21.8. The Bertz CT molecular complexity index is 3100. The van der Waals surface area contributed by atoms with E-state index < -0.39 is 173 Å². The number of likely N-dealkylation sites (N-methyl/N-ethyl adjacent to an activating group) is 7. The van der Waals surface area contributed by atoms with Gasteiger partial charge in [-0.25, -0.2) is 0 Å². The average molecular weight is 1410 g/mol. The van der Waals surface area contributed by atoms with Gasteiger partial charge in [0.2, 0.25) is 70.9 Å². The summed E-state index contributed by atoms with van der Waals surface area (Å²) in [6.45, 7) is 6.47. The Balaban J connectivity index is 1.29. The van der Waals surface area contributed by atoms with Gasteiger partial charge in [-0.1, -0.05) is 96.7 Å². The lowest BCUT2D eigenvalue weighted by molar-refractivity contribution is -0.157. The number of carbonyl (C=O) groups is 12. The summed E-state index contributed by atoms with van der Waals surface area (Å²) in [6.07, 6.45) is 5.20. The number of benzene rings is 1. The monoisotopic (exact) mass is 1410 g/mol. The number of piperidine rings is 1. The summed E-state index contributed by atoms with van der Waals surface area (Å²) < 4.78 is 41.6. The molecule has 99 heavy (non-hydrogen) atoms. The summed E-state index contributed by atoms with van der Waals surface area (Å²) in [6, 6.07) is -5.49. The molecule has 3 N–H and O–H groups in total. The van der Waals surface area contributed by atoms with Crippen molar-refractivity contribution in [3.63, 3.8) is 0 Å². The second-order valence-electron chi connectivity index (χ2n) is 29.4. The van der Waals surface area contributed by atoms with Crippen molar-refractivity contribution >= 4 is 82.5 Å². The minimum absolute atomic E-state index is 0.0398. The lowest BCUT2D eigenvalue weighted by atomic mass is 9.81. The number of hydrogen-bond donors (Lipinski definition) is 3. The summed E-state index contributed by atoms with van der Waals surface area (Å²) in [5.41, 5.74) is -2.33. The molecule has 1 spiro atoms. The number of alkyl halides is 3. The molecule has 7 rings (SSSR count). The SMILES string of the molecule is CC[C@H](C)[C@@H]1NC(=O)[C@H](CC(C)C)N(C)C(=O)C[C@@H](C(=O)N2CCCCC2)N(C)C(=O)[C@H](C2CCCCC2)N(C)C(=O)C2(CCCC2)NC(=O)C2CCCN2C(=O)[C@H](CCc2ccc(C(F)(F)F)c(Cl)c2)NC(=O)CN(C)C(=O)[C@H](C2CCCC2)N(C)C(=O)CN(C)C(=O)CN(C)C1=O. The van der Waals surface area contributed by atoms with E-state index in [0.29, 0.717) is 82.9 Å². The number of amides is 12. The van der Waals surface area contributed by atoms with E-state index in [1.54, 1.807) is 11.8 Å². The van der Waals surface area contributed by atoms with E-state index in [1.165, 1.54) is 79.9 Å². The van der Waals surface area contributed by atoms with Crippen LogP contribution in [0.25, 0.3) is 0 Å². The fourth-order valence-electron chi connectivity index (χ4n) is 15.6. The lowest BCUT2D eigenvalue weighted by Crippen LogP contribution is -2.65. The van der Waals surface area contributed by atoms with Gasteiger partial charge in [0, 0.05) is 69.0 Å². The van der Waals surface area contributed by atoms with Crippen LogP contribution in [-0.4, -0.2) is 251 Å². The molecule has 3 aliphatic heterocycles. The molecule has 552 valence electrons. The van der Waals surface area contributed by atoms with Gasteiger partial charge in [0.05, 0.1) is 36.6 Å². The van der Waals surface area contributed by atoms with E-state index in [-0.39, 0.29) is 56.9 Å². The lowest BCUT2D eigenvalue weighted by Gasteiger charge is -2.43. The molecule has 0 aromatic heterocycles. The molecule has 1 aromatic carbocycles. The van der Waals surface area contributed by atoms with Gasteiger partial charge in [-0.05, 0) is 131 Å². The summed E-state index contributed by atoms with van der Waals surface area (Å²) in [4.78, 5) is 191. The molecule has 0 radical (unpaired) electrons. The van der Waals surface area contributed by atoms with E-state index in [0.717, 1.165) is 65.4 Å². The van der Waals surface area contributed by atoms with Crippen LogP contribution >= 0.6 is 11.6 Å². The summed E-state index contributed by atoms with van der Waals surface area (Å²) in [5, 5.41) is 8.17. The fourth-order valence-corrected chi connectivity index (χ4v) is 15.9. The molecule has 8 atom stereocenters. The molecule has 12 amide bonds. The third-order valence-corrected chi connectivity index (χ3v) is 22.1. The van der Waals surface area contributed by atoms with Crippen molar-refractivity contribution in [1.29, 1.82) is 0 Å². The zero-order valence-electron chi connectivity index (χ0n) is 60.0. The Morgan fingerprint density at radius 3 is 1.77 bits per heavy atom. The number of rotatable bonds is 10. The van der Waals surface area contributed by atoms with Crippen LogP contribution in [0.1, 0.15) is 180 Å². The summed E-state index contributed by atoms with van der Waals surface area (Å²) >= 11 is 6.15. The first-order valence-electron chi connectivity index (χ1n) is 35.9. The Kier molecular flexibility index (Phi) is 28.0. The highest BCUT2D eigenvalue weighted by atomic mass is 35.5. The molecular weight excluding hydrogens is 1310 g/mol. The Labute approximate surface area is 586 Å². The first-order chi connectivity index (χ1) is 46.7. The number of carbonyl (C=O) groups excluding carboxylic acids is 12. The van der Waals surface area contributed by atoms with Gasteiger partial charge in [0.25, 0.3) is 0 Å². The Morgan fingerprint density at radius 1 is 0.606 bits per heavy atom. The minimum atomic E-state index is -4.76. The zero-order chi connectivity index (χ0) is 73.0. The number of hydrogen-bond acceptors (Lipinski definition) is 12. The van der Waals surface area contributed by atoms with Gasteiger partial charge >= 0.3 is 6.18 Å². The average Bonchev–Trinajstić information content (AvgIpc) is 1.77. The summed E-state index contributed by atoms with van der Waals surface area (Å²) in [7, 11) is 10.0. The van der Waals surface area contributed by atoms with Crippen LogP contribution in [0.15, 0.2) is 18.2 Å². The smallest absolute Gasteiger partial charge is 0.343 e.